The second-order valence-corrected chi connectivity index (χ2v) is 5.34. The summed E-state index contributed by atoms with van der Waals surface area (Å²) >= 11 is 1.66. The highest BCUT2D eigenvalue weighted by Gasteiger charge is 1.98. The van der Waals surface area contributed by atoms with Gasteiger partial charge in [0.05, 0.1) is 0 Å². The molecule has 0 bridgehead atoms. The molecule has 0 aliphatic carbocycles. The number of hydrogen-bond acceptors (Lipinski definition) is 2. The topological polar surface area (TPSA) is 17.1 Å². The van der Waals surface area contributed by atoms with E-state index in [1.54, 1.807) is 11.8 Å². The molecule has 0 aromatic heterocycles. The van der Waals surface area contributed by atoms with Gasteiger partial charge < -0.3 is 0 Å². The molecule has 0 fully saturated rings. The molecule has 1 nitrogen and oxygen atoms in total. The molecule has 1 rings (SSSR count). The van der Waals surface area contributed by atoms with Crippen LogP contribution in [0, 0.1) is 0 Å². The highest BCUT2D eigenvalue weighted by molar-refractivity contribution is 8.02. The number of carbonyl (C=O) groups excluding carboxylic acids is 1. The van der Waals surface area contributed by atoms with Crippen molar-refractivity contribution in [2.45, 2.75) is 50.3 Å². The van der Waals surface area contributed by atoms with Crippen LogP contribution in [0.1, 0.15) is 45.4 Å². The minimum atomic E-state index is 0.357. The molecule has 0 atom stereocenters. The SMILES string of the molecule is CCCCCCC(=O)C/C=C/Sc1ccccc1. The Morgan fingerprint density at radius 2 is 1.94 bits per heavy atom. The number of thioether (sulfide) groups is 1. The Hall–Kier alpha value is -1.02. The van der Waals surface area contributed by atoms with E-state index in [0.717, 1.165) is 12.8 Å². The van der Waals surface area contributed by atoms with Crippen LogP contribution in [-0.2, 0) is 4.79 Å². The lowest BCUT2D eigenvalue weighted by Gasteiger charge is -1.97. The van der Waals surface area contributed by atoms with Crippen LogP contribution < -0.4 is 0 Å². The lowest BCUT2D eigenvalue weighted by Crippen LogP contribution is -1.94. The Morgan fingerprint density at radius 3 is 2.67 bits per heavy atom. The summed E-state index contributed by atoms with van der Waals surface area (Å²) in [7, 11) is 0. The molecule has 1 aromatic rings. The predicted molar refractivity (Wildman–Crippen MR) is 79.8 cm³/mol. The fraction of sp³-hybridized carbons (Fsp3) is 0.438. The Kier molecular flexibility index (Phi) is 8.32. The van der Waals surface area contributed by atoms with E-state index in [1.165, 1.54) is 24.2 Å². The number of ketones is 1. The van der Waals surface area contributed by atoms with E-state index in [2.05, 4.69) is 19.1 Å². The van der Waals surface area contributed by atoms with Gasteiger partial charge in [0.1, 0.15) is 5.78 Å². The van der Waals surface area contributed by atoms with E-state index >= 15 is 0 Å². The Morgan fingerprint density at radius 1 is 1.17 bits per heavy atom. The molecule has 0 N–H and O–H groups in total. The first-order valence-corrected chi connectivity index (χ1v) is 7.59. The third-order valence-electron chi connectivity index (χ3n) is 2.70. The minimum Gasteiger partial charge on any atom is -0.299 e. The van der Waals surface area contributed by atoms with E-state index in [0.29, 0.717) is 12.2 Å². The molecule has 0 aliphatic heterocycles. The molecule has 0 saturated carbocycles. The van der Waals surface area contributed by atoms with Gasteiger partial charge in [-0.3, -0.25) is 4.79 Å². The van der Waals surface area contributed by atoms with Crippen LogP contribution in [0.4, 0.5) is 0 Å². The maximum Gasteiger partial charge on any atom is 0.136 e. The number of rotatable bonds is 9. The molecule has 0 aliphatic rings. The fourth-order valence-electron chi connectivity index (χ4n) is 1.66. The van der Waals surface area contributed by atoms with Gasteiger partial charge in [0.15, 0.2) is 0 Å². The van der Waals surface area contributed by atoms with Crippen molar-refractivity contribution >= 4 is 17.5 Å². The number of benzene rings is 1. The second-order valence-electron chi connectivity index (χ2n) is 4.36. The molecule has 18 heavy (non-hydrogen) atoms. The third kappa shape index (κ3) is 7.33. The van der Waals surface area contributed by atoms with Crippen molar-refractivity contribution in [3.05, 3.63) is 41.8 Å². The quantitative estimate of drug-likeness (QED) is 0.448. The summed E-state index contributed by atoms with van der Waals surface area (Å²) in [5.41, 5.74) is 0. The maximum absolute atomic E-state index is 11.6. The molecule has 0 unspecified atom stereocenters. The molecular formula is C16H22OS. The number of allylic oxidation sites excluding steroid dienone is 1. The zero-order chi connectivity index (χ0) is 13.1. The summed E-state index contributed by atoms with van der Waals surface area (Å²) in [5.74, 6) is 0.357. The molecule has 0 amide bonds. The van der Waals surface area contributed by atoms with Crippen molar-refractivity contribution in [3.63, 3.8) is 0 Å². The third-order valence-corrected chi connectivity index (χ3v) is 3.57. The van der Waals surface area contributed by atoms with Gasteiger partial charge in [-0.2, -0.15) is 0 Å². The average molecular weight is 262 g/mol. The first-order valence-electron chi connectivity index (χ1n) is 6.71. The van der Waals surface area contributed by atoms with Crippen LogP contribution in [0.3, 0.4) is 0 Å². The summed E-state index contributed by atoms with van der Waals surface area (Å²) in [5, 5.41) is 2.01. The van der Waals surface area contributed by atoms with Crippen LogP contribution in [0.5, 0.6) is 0 Å². The van der Waals surface area contributed by atoms with Gasteiger partial charge in [-0.15, -0.1) is 0 Å². The zero-order valence-corrected chi connectivity index (χ0v) is 11.9. The summed E-state index contributed by atoms with van der Waals surface area (Å²) in [6.07, 6.45) is 7.98. The van der Waals surface area contributed by atoms with Crippen molar-refractivity contribution in [1.29, 1.82) is 0 Å². The molecule has 0 heterocycles. The van der Waals surface area contributed by atoms with Crippen LogP contribution >= 0.6 is 11.8 Å². The van der Waals surface area contributed by atoms with Gasteiger partial charge in [-0.25, -0.2) is 0 Å². The predicted octanol–water partition coefficient (Wildman–Crippen LogP) is 5.22. The molecule has 1 aromatic carbocycles. The summed E-state index contributed by atoms with van der Waals surface area (Å²) in [4.78, 5) is 12.8. The highest BCUT2D eigenvalue weighted by atomic mass is 32.2. The van der Waals surface area contributed by atoms with Gasteiger partial charge in [0, 0.05) is 17.7 Å². The van der Waals surface area contributed by atoms with Gasteiger partial charge >= 0.3 is 0 Å². The van der Waals surface area contributed by atoms with Crippen molar-refractivity contribution < 1.29 is 4.79 Å². The molecule has 98 valence electrons. The number of unbranched alkanes of at least 4 members (excludes halogenated alkanes) is 3. The van der Waals surface area contributed by atoms with Gasteiger partial charge in [-0.05, 0) is 24.0 Å². The largest absolute Gasteiger partial charge is 0.299 e. The first kappa shape index (κ1) is 15.0. The summed E-state index contributed by atoms with van der Waals surface area (Å²) in [6.45, 7) is 2.19. The van der Waals surface area contributed by atoms with E-state index < -0.39 is 0 Å². The van der Waals surface area contributed by atoms with E-state index in [4.69, 9.17) is 0 Å². The van der Waals surface area contributed by atoms with Crippen molar-refractivity contribution in [2.75, 3.05) is 0 Å². The molecule has 0 saturated heterocycles. The smallest absolute Gasteiger partial charge is 0.136 e. The Bertz CT molecular complexity index is 357. The number of hydrogen-bond donors (Lipinski definition) is 0. The molecule has 0 spiro atoms. The Balaban J connectivity index is 2.10. The molecule has 2 heteroatoms. The minimum absolute atomic E-state index is 0.357. The zero-order valence-electron chi connectivity index (χ0n) is 11.1. The van der Waals surface area contributed by atoms with Crippen LogP contribution in [0.2, 0.25) is 0 Å². The Labute approximate surface area is 115 Å². The van der Waals surface area contributed by atoms with Crippen molar-refractivity contribution in [2.24, 2.45) is 0 Å². The lowest BCUT2D eigenvalue weighted by molar-refractivity contribution is -0.118. The highest BCUT2D eigenvalue weighted by Crippen LogP contribution is 2.18. The molecule has 0 radical (unpaired) electrons. The van der Waals surface area contributed by atoms with Crippen LogP contribution in [-0.4, -0.2) is 5.78 Å². The second kappa shape index (κ2) is 9.95. The standard InChI is InChI=1S/C16H22OS/c1-2-3-4-6-10-15(17)11-9-14-18-16-12-7-5-8-13-16/h5,7-9,12-14H,2-4,6,10-11H2,1H3/b14-9+. The lowest BCUT2D eigenvalue weighted by atomic mass is 10.1. The van der Waals surface area contributed by atoms with Gasteiger partial charge in [0.25, 0.3) is 0 Å². The van der Waals surface area contributed by atoms with Gasteiger partial charge in [0.2, 0.25) is 0 Å². The average Bonchev–Trinajstić information content (AvgIpc) is 2.41. The maximum atomic E-state index is 11.6. The number of carbonyl (C=O) groups is 1. The monoisotopic (exact) mass is 262 g/mol. The number of Topliss-reactive ketones (excluding diaryl/α,β-unsaturated/α-hetero) is 1. The van der Waals surface area contributed by atoms with E-state index in [-0.39, 0.29) is 0 Å². The van der Waals surface area contributed by atoms with Crippen molar-refractivity contribution in [1.82, 2.24) is 0 Å². The summed E-state index contributed by atoms with van der Waals surface area (Å²) < 4.78 is 0. The normalized spacial score (nSPS) is 10.9. The van der Waals surface area contributed by atoms with E-state index in [1.807, 2.05) is 29.7 Å². The van der Waals surface area contributed by atoms with Crippen molar-refractivity contribution in [3.8, 4) is 0 Å². The van der Waals surface area contributed by atoms with E-state index in [9.17, 15) is 4.79 Å². The van der Waals surface area contributed by atoms with Crippen LogP contribution in [0.25, 0.3) is 0 Å². The van der Waals surface area contributed by atoms with Crippen LogP contribution in [0.15, 0.2) is 46.7 Å². The van der Waals surface area contributed by atoms with Gasteiger partial charge in [-0.1, -0.05) is 62.2 Å². The first-order chi connectivity index (χ1) is 8.83. The molecular weight excluding hydrogens is 240 g/mol. The fourth-order valence-corrected chi connectivity index (χ4v) is 2.32. The summed E-state index contributed by atoms with van der Waals surface area (Å²) in [6, 6.07) is 10.2.